The van der Waals surface area contributed by atoms with Crippen LogP contribution < -0.4 is 24.8 Å². The maximum atomic E-state index is 2.26. The van der Waals surface area contributed by atoms with Gasteiger partial charge in [-0.25, -0.2) is 0 Å². The van der Waals surface area contributed by atoms with Crippen LogP contribution in [0.3, 0.4) is 0 Å². The molecule has 0 unspecified atom stereocenters. The molecule has 3 heteroatoms. The average molecular weight is 419 g/mol. The van der Waals surface area contributed by atoms with E-state index in [0.29, 0.717) is 0 Å². The molecule has 16 heavy (non-hydrogen) atoms. The van der Waals surface area contributed by atoms with Gasteiger partial charge in [-0.05, 0) is 6.42 Å². The summed E-state index contributed by atoms with van der Waals surface area (Å²) in [6.45, 7) is 2.18. The van der Waals surface area contributed by atoms with Gasteiger partial charge in [0.15, 0.2) is 0 Å². The number of hydrogen-bond donors (Lipinski definition) is 0. The smallest absolute Gasteiger partial charge is 0 e. The molecule has 0 spiro atoms. The molecule has 0 saturated carbocycles. The summed E-state index contributed by atoms with van der Waals surface area (Å²) in [6.07, 6.45) is 1.11. The Morgan fingerprint density at radius 2 is 1.62 bits per heavy atom. The van der Waals surface area contributed by atoms with E-state index in [1.807, 2.05) is 0 Å². The molecule has 0 aliphatic heterocycles. The summed E-state index contributed by atoms with van der Waals surface area (Å²) in [4.78, 5) is 0. The molecule has 0 aromatic heterocycles. The van der Waals surface area contributed by atoms with Crippen molar-refractivity contribution in [3.63, 3.8) is 0 Å². The maximum Gasteiger partial charge on any atom is 0 e. The molecular formula is C13H13Cl2Hf-3. The molecule has 0 fully saturated rings. The Morgan fingerprint density at radius 3 is 2.19 bits per heavy atom. The molecule has 0 radical (unpaired) electrons. The van der Waals surface area contributed by atoms with Gasteiger partial charge in [-0.15, -0.1) is 29.8 Å². The van der Waals surface area contributed by atoms with Gasteiger partial charge in [0.25, 0.3) is 0 Å². The second-order valence-corrected chi connectivity index (χ2v) is 3.23. The fraction of sp³-hybridized carbons (Fsp3) is 0.154. The zero-order valence-corrected chi connectivity index (χ0v) is 14.2. The number of benzene rings is 1. The third kappa shape index (κ3) is 4.49. The van der Waals surface area contributed by atoms with Crippen LogP contribution >= 0.6 is 0 Å². The molecule has 0 aliphatic rings. The van der Waals surface area contributed by atoms with E-state index in [0.717, 1.165) is 6.42 Å². The molecule has 2 aromatic rings. The van der Waals surface area contributed by atoms with Gasteiger partial charge in [-0.3, -0.25) is 0 Å². The molecule has 0 bridgehead atoms. The second-order valence-electron chi connectivity index (χ2n) is 3.23. The van der Waals surface area contributed by atoms with Crippen LogP contribution in [0, 0.1) is 0 Å². The summed E-state index contributed by atoms with van der Waals surface area (Å²) in [7, 11) is 0. The quantitative estimate of drug-likeness (QED) is 0.378. The Hall–Kier alpha value is 0.0201. The van der Waals surface area contributed by atoms with Crippen molar-refractivity contribution in [1.82, 2.24) is 0 Å². The van der Waals surface area contributed by atoms with Crippen molar-refractivity contribution < 1.29 is 50.7 Å². The zero-order chi connectivity index (χ0) is 9.10. The first-order valence-corrected chi connectivity index (χ1v) is 4.71. The Morgan fingerprint density at radius 1 is 1.00 bits per heavy atom. The van der Waals surface area contributed by atoms with Gasteiger partial charge in [0, 0.05) is 25.8 Å². The molecule has 0 aliphatic carbocycles. The van der Waals surface area contributed by atoms with Crippen molar-refractivity contribution in [3.8, 4) is 11.1 Å². The van der Waals surface area contributed by atoms with Crippen LogP contribution in [0.4, 0.5) is 0 Å². The minimum Gasteiger partial charge on any atom is -1.00 e. The van der Waals surface area contributed by atoms with E-state index in [1.165, 1.54) is 16.7 Å². The molecule has 2 rings (SSSR count). The van der Waals surface area contributed by atoms with Gasteiger partial charge in [-0.2, -0.15) is 12.1 Å². The predicted molar refractivity (Wildman–Crippen MR) is 56.8 cm³/mol. The summed E-state index contributed by atoms with van der Waals surface area (Å²) in [5.74, 6) is 0. The van der Waals surface area contributed by atoms with Crippen molar-refractivity contribution in [2.24, 2.45) is 0 Å². The minimum atomic E-state index is 0. The van der Waals surface area contributed by atoms with E-state index in [1.54, 1.807) is 0 Å². The van der Waals surface area contributed by atoms with E-state index in [9.17, 15) is 0 Å². The van der Waals surface area contributed by atoms with Crippen LogP contribution in [0.15, 0.2) is 48.5 Å². The minimum absolute atomic E-state index is 0. The fourth-order valence-electron chi connectivity index (χ4n) is 1.54. The molecule has 0 heterocycles. The third-order valence-corrected chi connectivity index (χ3v) is 2.33. The van der Waals surface area contributed by atoms with Gasteiger partial charge in [-0.1, -0.05) is 30.2 Å². The number of halogens is 2. The van der Waals surface area contributed by atoms with Crippen LogP contribution in [-0.4, -0.2) is 0 Å². The van der Waals surface area contributed by atoms with Crippen molar-refractivity contribution in [2.45, 2.75) is 13.3 Å². The number of rotatable bonds is 2. The fourth-order valence-corrected chi connectivity index (χ4v) is 1.54. The third-order valence-electron chi connectivity index (χ3n) is 2.33. The molecule has 0 saturated heterocycles. The molecule has 0 N–H and O–H groups in total. The summed E-state index contributed by atoms with van der Waals surface area (Å²) in [5.41, 5.74) is 4.04. The first-order valence-electron chi connectivity index (χ1n) is 4.71. The van der Waals surface area contributed by atoms with E-state index in [2.05, 4.69) is 55.5 Å². The maximum absolute atomic E-state index is 2.26. The largest absolute Gasteiger partial charge is 1.00 e. The van der Waals surface area contributed by atoms with Crippen LogP contribution in [0.25, 0.3) is 11.1 Å². The number of aryl methyl sites for hydroxylation is 1. The van der Waals surface area contributed by atoms with Gasteiger partial charge < -0.3 is 24.8 Å². The van der Waals surface area contributed by atoms with Crippen LogP contribution in [-0.2, 0) is 32.3 Å². The molecular weight excluding hydrogens is 406 g/mol. The van der Waals surface area contributed by atoms with E-state index < -0.39 is 0 Å². The molecule has 0 amide bonds. The van der Waals surface area contributed by atoms with Crippen molar-refractivity contribution in [3.05, 3.63) is 54.1 Å². The monoisotopic (exact) mass is 419 g/mol. The van der Waals surface area contributed by atoms with Crippen LogP contribution in [0.1, 0.15) is 12.5 Å². The zero-order valence-electron chi connectivity index (χ0n) is 9.08. The van der Waals surface area contributed by atoms with Crippen LogP contribution in [0.2, 0.25) is 0 Å². The first kappa shape index (κ1) is 18.4. The van der Waals surface area contributed by atoms with Crippen LogP contribution in [0.5, 0.6) is 0 Å². The number of hydrogen-bond acceptors (Lipinski definition) is 0. The van der Waals surface area contributed by atoms with E-state index >= 15 is 0 Å². The van der Waals surface area contributed by atoms with Crippen molar-refractivity contribution in [1.29, 1.82) is 0 Å². The molecule has 86 valence electrons. The summed E-state index contributed by atoms with van der Waals surface area (Å²) in [5, 5.41) is 0. The standard InChI is InChI=1S/C13H13.2ClH.Hf/c1-2-11-6-5-9-13(10-11)12-7-3-4-8-12;;;/h3-10H,2H2,1H3;2*1H;/q-1;;;/p-2. The van der Waals surface area contributed by atoms with E-state index in [4.69, 9.17) is 0 Å². The molecule has 0 nitrogen and oxygen atoms in total. The SMILES string of the molecule is CCc1cccc(-[c-]2cccc2)c1.[Cl-].[Cl-].[Hf]. The van der Waals surface area contributed by atoms with Crippen molar-refractivity contribution in [2.75, 3.05) is 0 Å². The summed E-state index contributed by atoms with van der Waals surface area (Å²) >= 11 is 0. The first-order chi connectivity index (χ1) is 6.40. The van der Waals surface area contributed by atoms with Gasteiger partial charge >= 0.3 is 0 Å². The van der Waals surface area contributed by atoms with E-state index in [-0.39, 0.29) is 50.7 Å². The summed E-state index contributed by atoms with van der Waals surface area (Å²) < 4.78 is 0. The second kappa shape index (κ2) is 9.09. The Kier molecular flexibility index (Phi) is 10.4. The van der Waals surface area contributed by atoms with Gasteiger partial charge in [0.1, 0.15) is 0 Å². The predicted octanol–water partition coefficient (Wildman–Crippen LogP) is -2.36. The average Bonchev–Trinajstić information content (AvgIpc) is 2.71. The van der Waals surface area contributed by atoms with Crippen molar-refractivity contribution >= 4 is 0 Å². The molecule has 2 aromatic carbocycles. The Labute approximate surface area is 128 Å². The Balaban J connectivity index is 0. The summed E-state index contributed by atoms with van der Waals surface area (Å²) in [6, 6.07) is 17.2. The molecule has 0 atom stereocenters. The normalized spacial score (nSPS) is 8.31. The topological polar surface area (TPSA) is 0 Å². The Bertz CT molecular complexity index is 383. The van der Waals surface area contributed by atoms with Gasteiger partial charge in [0.2, 0.25) is 0 Å². The van der Waals surface area contributed by atoms with Gasteiger partial charge in [0.05, 0.1) is 0 Å².